The van der Waals surface area contributed by atoms with Crippen LogP contribution in [0.3, 0.4) is 0 Å². The van der Waals surface area contributed by atoms with Gasteiger partial charge in [-0.25, -0.2) is 4.39 Å². The first kappa shape index (κ1) is 18.0. The molecule has 0 aliphatic carbocycles. The monoisotopic (exact) mass is 368 g/mol. The van der Waals surface area contributed by atoms with Crippen LogP contribution in [0.5, 0.6) is 5.75 Å². The molecule has 4 rings (SSSR count). The number of carbonyl (C=O) groups is 1. The fourth-order valence-electron chi connectivity index (χ4n) is 4.20. The van der Waals surface area contributed by atoms with E-state index in [1.54, 1.807) is 0 Å². The second-order valence-corrected chi connectivity index (χ2v) is 7.49. The number of fused-ring (bicyclic) bond motifs is 1. The maximum atomic E-state index is 13.3. The normalized spacial score (nSPS) is 21.9. The first-order valence-corrected chi connectivity index (χ1v) is 9.65. The van der Waals surface area contributed by atoms with Gasteiger partial charge in [-0.05, 0) is 48.4 Å². The molecule has 1 unspecified atom stereocenters. The molecule has 0 radical (unpaired) electrons. The van der Waals surface area contributed by atoms with Crippen LogP contribution in [-0.2, 0) is 6.54 Å². The zero-order valence-corrected chi connectivity index (χ0v) is 15.6. The summed E-state index contributed by atoms with van der Waals surface area (Å²) in [6, 6.07) is 12.6. The summed E-state index contributed by atoms with van der Waals surface area (Å²) in [7, 11) is 0. The minimum absolute atomic E-state index is 0.0328. The highest BCUT2D eigenvalue weighted by molar-refractivity contribution is 5.98. The van der Waals surface area contributed by atoms with E-state index in [1.165, 1.54) is 12.1 Å². The van der Waals surface area contributed by atoms with Crippen LogP contribution in [-0.4, -0.2) is 37.0 Å². The Bertz CT molecular complexity index is 822. The summed E-state index contributed by atoms with van der Waals surface area (Å²) in [5, 5.41) is 2.83. The summed E-state index contributed by atoms with van der Waals surface area (Å²) in [5.41, 5.74) is 2.89. The molecule has 1 fully saturated rings. The molecule has 0 spiro atoms. The Morgan fingerprint density at radius 2 is 2.00 bits per heavy atom. The van der Waals surface area contributed by atoms with Crippen molar-refractivity contribution in [1.29, 1.82) is 0 Å². The standard InChI is InChI=1S/C22H25FN2O2/c1-2-9-25-12-17(21(13-25)15-3-6-18(23)7-4-15)14-27-19-8-5-16-11-24-22(26)20(16)10-19/h3-8,10,17,21H,2,9,11-14H2,1H3,(H,24,26)/t17-,21?/m1/s1. The molecule has 1 N–H and O–H groups in total. The lowest BCUT2D eigenvalue weighted by Crippen LogP contribution is -2.23. The molecule has 0 aromatic heterocycles. The second kappa shape index (κ2) is 7.69. The van der Waals surface area contributed by atoms with Gasteiger partial charge in [0.25, 0.3) is 5.91 Å². The molecule has 4 nitrogen and oxygen atoms in total. The fraction of sp³-hybridized carbons (Fsp3) is 0.409. The van der Waals surface area contributed by atoms with E-state index in [0.29, 0.717) is 30.6 Å². The lowest BCUT2D eigenvalue weighted by molar-refractivity contribution is 0.0965. The number of benzene rings is 2. The van der Waals surface area contributed by atoms with Crippen molar-refractivity contribution in [1.82, 2.24) is 10.2 Å². The van der Waals surface area contributed by atoms with Gasteiger partial charge in [0, 0.05) is 37.0 Å². The minimum atomic E-state index is -0.202. The average molecular weight is 368 g/mol. The Hall–Kier alpha value is -2.40. The van der Waals surface area contributed by atoms with Gasteiger partial charge in [-0.3, -0.25) is 4.79 Å². The van der Waals surface area contributed by atoms with Crippen LogP contribution in [0, 0.1) is 11.7 Å². The van der Waals surface area contributed by atoms with Crippen molar-refractivity contribution >= 4 is 5.91 Å². The zero-order valence-electron chi connectivity index (χ0n) is 15.6. The zero-order chi connectivity index (χ0) is 18.8. The third-order valence-electron chi connectivity index (χ3n) is 5.58. The van der Waals surface area contributed by atoms with Crippen LogP contribution in [0.25, 0.3) is 0 Å². The molecule has 0 saturated carbocycles. The molecule has 142 valence electrons. The second-order valence-electron chi connectivity index (χ2n) is 7.49. The molecule has 5 heteroatoms. The summed E-state index contributed by atoms with van der Waals surface area (Å²) in [6.07, 6.45) is 1.11. The molecule has 2 atom stereocenters. The van der Waals surface area contributed by atoms with Gasteiger partial charge < -0.3 is 15.0 Å². The van der Waals surface area contributed by atoms with Gasteiger partial charge in [-0.2, -0.15) is 0 Å². The van der Waals surface area contributed by atoms with Gasteiger partial charge in [0.05, 0.1) is 6.61 Å². The number of carbonyl (C=O) groups excluding carboxylic acids is 1. The lowest BCUT2D eigenvalue weighted by Gasteiger charge is -2.19. The van der Waals surface area contributed by atoms with Crippen LogP contribution < -0.4 is 10.1 Å². The first-order chi connectivity index (χ1) is 13.1. The number of nitrogens with one attached hydrogen (secondary N) is 1. The molecule has 2 aliphatic rings. The molecule has 0 bridgehead atoms. The van der Waals surface area contributed by atoms with Gasteiger partial charge in [-0.15, -0.1) is 0 Å². The number of likely N-dealkylation sites (tertiary alicyclic amines) is 1. The average Bonchev–Trinajstić information content (AvgIpc) is 3.25. The third-order valence-corrected chi connectivity index (χ3v) is 5.58. The largest absolute Gasteiger partial charge is 0.493 e. The number of hydrogen-bond donors (Lipinski definition) is 1. The van der Waals surface area contributed by atoms with Crippen molar-refractivity contribution < 1.29 is 13.9 Å². The smallest absolute Gasteiger partial charge is 0.252 e. The number of amides is 1. The van der Waals surface area contributed by atoms with Gasteiger partial charge in [0.2, 0.25) is 0 Å². The van der Waals surface area contributed by atoms with Gasteiger partial charge >= 0.3 is 0 Å². The molecule has 2 heterocycles. The quantitative estimate of drug-likeness (QED) is 0.847. The van der Waals surface area contributed by atoms with E-state index >= 15 is 0 Å². The number of ether oxygens (including phenoxy) is 1. The van der Waals surface area contributed by atoms with E-state index in [9.17, 15) is 9.18 Å². The van der Waals surface area contributed by atoms with Gasteiger partial charge in [-0.1, -0.05) is 25.1 Å². The Kier molecular flexibility index (Phi) is 5.12. The topological polar surface area (TPSA) is 41.6 Å². The van der Waals surface area contributed by atoms with Crippen LogP contribution in [0.2, 0.25) is 0 Å². The van der Waals surface area contributed by atoms with E-state index in [-0.39, 0.29) is 11.7 Å². The fourth-order valence-corrected chi connectivity index (χ4v) is 4.20. The molecular formula is C22H25FN2O2. The van der Waals surface area contributed by atoms with Crippen molar-refractivity contribution in [3.63, 3.8) is 0 Å². The summed E-state index contributed by atoms with van der Waals surface area (Å²) < 4.78 is 19.4. The van der Waals surface area contributed by atoms with E-state index < -0.39 is 0 Å². The highest BCUT2D eigenvalue weighted by Crippen LogP contribution is 2.33. The van der Waals surface area contributed by atoms with Crippen LogP contribution in [0.1, 0.15) is 40.7 Å². The number of nitrogens with zero attached hydrogens (tertiary/aromatic N) is 1. The lowest BCUT2D eigenvalue weighted by atomic mass is 9.89. The van der Waals surface area contributed by atoms with Crippen LogP contribution >= 0.6 is 0 Å². The van der Waals surface area contributed by atoms with Crippen molar-refractivity contribution in [2.24, 2.45) is 5.92 Å². The van der Waals surface area contributed by atoms with Gasteiger partial charge in [0.15, 0.2) is 0 Å². The van der Waals surface area contributed by atoms with Crippen LogP contribution in [0.4, 0.5) is 4.39 Å². The number of rotatable bonds is 6. The third kappa shape index (κ3) is 3.83. The predicted octanol–water partition coefficient (Wildman–Crippen LogP) is 3.57. The predicted molar refractivity (Wildman–Crippen MR) is 102 cm³/mol. The molecule has 27 heavy (non-hydrogen) atoms. The Morgan fingerprint density at radius 3 is 2.78 bits per heavy atom. The number of hydrogen-bond acceptors (Lipinski definition) is 3. The molecule has 2 aromatic carbocycles. The summed E-state index contributed by atoms with van der Waals surface area (Å²) in [6.45, 7) is 6.37. The van der Waals surface area contributed by atoms with E-state index in [0.717, 1.165) is 42.9 Å². The summed E-state index contributed by atoms with van der Waals surface area (Å²) in [5.74, 6) is 1.16. The Morgan fingerprint density at radius 1 is 1.19 bits per heavy atom. The van der Waals surface area contributed by atoms with Gasteiger partial charge in [0.1, 0.15) is 11.6 Å². The Labute approximate surface area is 159 Å². The molecule has 1 saturated heterocycles. The van der Waals surface area contributed by atoms with E-state index in [2.05, 4.69) is 17.1 Å². The van der Waals surface area contributed by atoms with Crippen molar-refractivity contribution in [3.8, 4) is 5.75 Å². The molecular weight excluding hydrogens is 343 g/mol. The Balaban J connectivity index is 1.47. The van der Waals surface area contributed by atoms with Crippen molar-refractivity contribution in [2.45, 2.75) is 25.8 Å². The number of halogens is 1. The summed E-state index contributed by atoms with van der Waals surface area (Å²) >= 11 is 0. The molecule has 1 amide bonds. The van der Waals surface area contributed by atoms with Crippen molar-refractivity contribution in [2.75, 3.05) is 26.2 Å². The highest BCUT2D eigenvalue weighted by atomic mass is 19.1. The maximum Gasteiger partial charge on any atom is 0.252 e. The minimum Gasteiger partial charge on any atom is -0.493 e. The maximum absolute atomic E-state index is 13.3. The van der Waals surface area contributed by atoms with Crippen molar-refractivity contribution in [3.05, 3.63) is 65.0 Å². The van der Waals surface area contributed by atoms with Crippen LogP contribution in [0.15, 0.2) is 42.5 Å². The summed E-state index contributed by atoms with van der Waals surface area (Å²) in [4.78, 5) is 14.3. The van der Waals surface area contributed by atoms with E-state index in [1.807, 2.05) is 30.3 Å². The SMILES string of the molecule is CCCN1CC(c2ccc(F)cc2)[C@@H](COc2ccc3c(c2)C(=O)NC3)C1. The first-order valence-electron chi connectivity index (χ1n) is 9.65. The molecule has 2 aromatic rings. The van der Waals surface area contributed by atoms with E-state index in [4.69, 9.17) is 4.74 Å². The highest BCUT2D eigenvalue weighted by Gasteiger charge is 2.34. The molecule has 2 aliphatic heterocycles.